The van der Waals surface area contributed by atoms with E-state index in [1.54, 1.807) is 12.1 Å². The number of rotatable bonds is 7. The molecule has 11 atom stereocenters. The van der Waals surface area contributed by atoms with Gasteiger partial charge in [-0.3, -0.25) is 14.0 Å². The Hall–Kier alpha value is -1.64. The lowest BCUT2D eigenvalue weighted by Gasteiger charge is -2.72. The summed E-state index contributed by atoms with van der Waals surface area (Å²) < 4.78 is 20.9. The second kappa shape index (κ2) is 11.7. The van der Waals surface area contributed by atoms with Crippen LogP contribution in [0.3, 0.4) is 0 Å². The molecule has 4 saturated carbocycles. The fourth-order valence-corrected chi connectivity index (χ4v) is 17.0. The van der Waals surface area contributed by atoms with Crippen molar-refractivity contribution in [2.24, 2.45) is 51.2 Å². The average Bonchev–Trinajstić information content (AvgIpc) is 3.72. The van der Waals surface area contributed by atoms with Gasteiger partial charge in [0.2, 0.25) is 0 Å². The Kier molecular flexibility index (Phi) is 8.27. The van der Waals surface area contributed by atoms with E-state index in [2.05, 4.69) is 64.4 Å². The molecule has 7 heteroatoms. The van der Waals surface area contributed by atoms with E-state index < -0.39 is 16.6 Å². The molecule has 2 aliphatic heterocycles. The number of nitrogens with one attached hydrogen (secondary N) is 1. The Bertz CT molecular complexity index is 1590. The van der Waals surface area contributed by atoms with Crippen molar-refractivity contribution in [2.75, 3.05) is 25.4 Å². The molecule has 0 spiro atoms. The fourth-order valence-electron chi connectivity index (χ4n) is 14.9. The van der Waals surface area contributed by atoms with Crippen LogP contribution in [-0.4, -0.2) is 67.3 Å². The van der Waals surface area contributed by atoms with Gasteiger partial charge in [0.1, 0.15) is 0 Å². The Morgan fingerprint density at radius 1 is 0.960 bits per heavy atom. The van der Waals surface area contributed by atoms with Crippen molar-refractivity contribution in [2.45, 2.75) is 123 Å². The molecule has 6 fully saturated rings. The highest BCUT2D eigenvalue weighted by Gasteiger charge is 2.70. The van der Waals surface area contributed by atoms with Gasteiger partial charge < -0.3 is 10.4 Å². The molecule has 0 amide bonds. The predicted molar refractivity (Wildman–Crippen MR) is 206 cm³/mol. The van der Waals surface area contributed by atoms with Gasteiger partial charge in [0.15, 0.2) is 0 Å². The summed E-state index contributed by atoms with van der Waals surface area (Å²) >= 11 is 0. The van der Waals surface area contributed by atoms with Crippen LogP contribution in [0.1, 0.15) is 122 Å². The van der Waals surface area contributed by atoms with E-state index in [0.29, 0.717) is 52.4 Å². The maximum Gasteiger partial charge on any atom is 0.335 e. The summed E-state index contributed by atoms with van der Waals surface area (Å²) in [5, 5.41) is 13.9. The highest BCUT2D eigenvalue weighted by molar-refractivity contribution is 8.25. The monoisotopic (exact) mass is 704 g/mol. The molecule has 5 aliphatic carbocycles. The van der Waals surface area contributed by atoms with Crippen LogP contribution in [0.4, 0.5) is 0 Å². The number of fused-ring (bicyclic) bond motifs is 9. The summed E-state index contributed by atoms with van der Waals surface area (Å²) in [4.78, 5) is 14.1. The summed E-state index contributed by atoms with van der Waals surface area (Å²) in [6.45, 7) is 22.8. The summed E-state index contributed by atoms with van der Waals surface area (Å²) in [6.07, 6.45) is 14.9. The van der Waals surface area contributed by atoms with E-state index in [1.807, 2.05) is 12.1 Å². The minimum absolute atomic E-state index is 0.0188. The molecule has 2 heterocycles. The van der Waals surface area contributed by atoms with E-state index in [1.165, 1.54) is 68.1 Å². The Labute approximate surface area is 303 Å². The number of carbonyl (C=O) groups is 1. The third-order valence-corrected chi connectivity index (χ3v) is 19.7. The number of carboxylic acids is 1. The van der Waals surface area contributed by atoms with Gasteiger partial charge >= 0.3 is 5.97 Å². The van der Waals surface area contributed by atoms with Crippen molar-refractivity contribution in [3.63, 3.8) is 0 Å². The number of carboxylic acid groups (broad SMARTS) is 1. The predicted octanol–water partition coefficient (Wildman–Crippen LogP) is 9.58. The van der Waals surface area contributed by atoms with E-state index in [9.17, 15) is 19.0 Å². The third kappa shape index (κ3) is 4.91. The first-order chi connectivity index (χ1) is 23.5. The van der Waals surface area contributed by atoms with E-state index in [-0.39, 0.29) is 27.0 Å². The topological polar surface area (TPSA) is 93.0 Å². The van der Waals surface area contributed by atoms with Crippen LogP contribution in [-0.2, 0) is 0 Å². The van der Waals surface area contributed by atoms with Gasteiger partial charge in [0.25, 0.3) is 0 Å². The Balaban J connectivity index is 1.05. The normalized spacial score (nSPS) is 46.2. The summed E-state index contributed by atoms with van der Waals surface area (Å²) in [7, 11) is -2.36. The molecule has 1 aromatic carbocycles. The molecule has 0 aromatic heterocycles. The molecule has 276 valence electrons. The zero-order valence-electron chi connectivity index (χ0n) is 31.6. The highest BCUT2D eigenvalue weighted by Crippen LogP contribution is 2.76. The first kappa shape index (κ1) is 35.4. The lowest BCUT2D eigenvalue weighted by atomic mass is 9.33. The standard InChI is InChI=1S/C43H64N2O4S/c1-27(2)32-14-19-43(44-22-23-45-25-31-24-30(45)26-50(31,48)49)21-20-41(6)34(37(32)43)12-13-36-40(5)17-15-33(28-8-10-29(11-9-28)38(46)47)39(3,4)35(40)16-18-42(36,41)7/h8-11,15,30-32,34-37,44,48-49H,1,12-14,16-26H2,2-7H3,(H,46,47)/t30-,31-,32+,34-,35+,36-,37-,40+,41-,42-,43+/m1/s1. The van der Waals surface area contributed by atoms with Crippen molar-refractivity contribution in [3.05, 3.63) is 53.6 Å². The van der Waals surface area contributed by atoms with Crippen LogP contribution in [0.25, 0.3) is 5.57 Å². The van der Waals surface area contributed by atoms with Crippen molar-refractivity contribution in [1.29, 1.82) is 0 Å². The third-order valence-electron chi connectivity index (χ3n) is 17.4. The van der Waals surface area contributed by atoms with Gasteiger partial charge in [-0.15, -0.1) is 0 Å². The lowest BCUT2D eigenvalue weighted by molar-refractivity contribution is -0.219. The van der Waals surface area contributed by atoms with E-state index >= 15 is 0 Å². The zero-order chi connectivity index (χ0) is 35.6. The van der Waals surface area contributed by atoms with Crippen LogP contribution in [0.2, 0.25) is 0 Å². The van der Waals surface area contributed by atoms with Gasteiger partial charge in [0, 0.05) is 31.2 Å². The van der Waals surface area contributed by atoms with Crippen LogP contribution in [0, 0.1) is 51.2 Å². The number of hydrogen-bond donors (Lipinski definition) is 4. The van der Waals surface area contributed by atoms with Crippen molar-refractivity contribution in [1.82, 2.24) is 10.2 Å². The van der Waals surface area contributed by atoms with Gasteiger partial charge in [-0.05, 0) is 146 Å². The molecule has 8 rings (SSSR count). The quantitative estimate of drug-likeness (QED) is 0.211. The molecule has 1 aromatic rings. The largest absolute Gasteiger partial charge is 0.478 e. The molecule has 0 radical (unpaired) electrons. The second-order valence-corrected chi connectivity index (χ2v) is 22.0. The SMILES string of the molecule is C=C(C)[C@@H]1CC[C@]2(NCCN3C[C@H]4C[C@@H]3CS4(O)O)CC[C@]3(C)[C@H](CC[C@@H]4[C@@]5(C)CC=C(c6ccc(C(=O)O)cc6)C(C)(C)[C@@H]5CC[C@]43C)[C@@H]12. The van der Waals surface area contributed by atoms with Gasteiger partial charge in [0.05, 0.1) is 16.6 Å². The molecule has 0 unspecified atom stereocenters. The molecule has 50 heavy (non-hydrogen) atoms. The van der Waals surface area contributed by atoms with Crippen molar-refractivity contribution >= 4 is 22.1 Å². The van der Waals surface area contributed by atoms with E-state index in [0.717, 1.165) is 32.5 Å². The number of aromatic carboxylic acids is 1. The molecule has 7 aliphatic rings. The minimum Gasteiger partial charge on any atom is -0.478 e. The molecule has 4 N–H and O–H groups in total. The maximum atomic E-state index is 11.6. The maximum absolute atomic E-state index is 11.6. The average molecular weight is 705 g/mol. The summed E-state index contributed by atoms with van der Waals surface area (Å²) in [5.41, 5.74) is 5.35. The minimum atomic E-state index is -2.36. The molecule has 2 saturated heterocycles. The number of allylic oxidation sites excluding steroid dienone is 3. The van der Waals surface area contributed by atoms with Crippen LogP contribution in [0.5, 0.6) is 0 Å². The Morgan fingerprint density at radius 3 is 2.34 bits per heavy atom. The van der Waals surface area contributed by atoms with Gasteiger partial charge in [-0.1, -0.05) is 65.0 Å². The number of likely N-dealkylation sites (tertiary alicyclic amines) is 1. The smallest absolute Gasteiger partial charge is 0.335 e. The zero-order valence-corrected chi connectivity index (χ0v) is 32.5. The Morgan fingerprint density at radius 2 is 1.70 bits per heavy atom. The molecular weight excluding hydrogens is 641 g/mol. The van der Waals surface area contributed by atoms with Crippen molar-refractivity contribution < 1.29 is 19.0 Å². The molecule has 2 bridgehead atoms. The number of benzene rings is 1. The van der Waals surface area contributed by atoms with Gasteiger partial charge in [-0.25, -0.2) is 4.79 Å². The fraction of sp³-hybridized carbons (Fsp3) is 0.744. The summed E-state index contributed by atoms with van der Waals surface area (Å²) in [6, 6.07) is 7.96. The highest BCUT2D eigenvalue weighted by atomic mass is 32.3. The number of hydrogen-bond acceptors (Lipinski definition) is 5. The number of nitrogens with zero attached hydrogens (tertiary/aromatic N) is 1. The van der Waals surface area contributed by atoms with Crippen LogP contribution < -0.4 is 5.32 Å². The second-order valence-electron chi connectivity index (χ2n) is 19.6. The van der Waals surface area contributed by atoms with Crippen molar-refractivity contribution in [3.8, 4) is 0 Å². The van der Waals surface area contributed by atoms with Crippen LogP contribution in [0.15, 0.2) is 42.5 Å². The molecular formula is C43H64N2O4S. The van der Waals surface area contributed by atoms with Gasteiger partial charge in [-0.2, -0.15) is 10.6 Å². The van der Waals surface area contributed by atoms with E-state index in [4.69, 9.17) is 0 Å². The summed E-state index contributed by atoms with van der Waals surface area (Å²) in [5.74, 6) is 2.91. The first-order valence-electron chi connectivity index (χ1n) is 19.9. The molecule has 6 nitrogen and oxygen atoms in total. The first-order valence-corrected chi connectivity index (χ1v) is 21.7. The lowest BCUT2D eigenvalue weighted by Crippen LogP contribution is -2.68. The van der Waals surface area contributed by atoms with Crippen LogP contribution >= 0.6 is 10.6 Å².